The van der Waals surface area contributed by atoms with Crippen molar-refractivity contribution in [1.82, 2.24) is 0 Å². The van der Waals surface area contributed by atoms with Gasteiger partial charge in [0.15, 0.2) is 5.43 Å². The lowest BCUT2D eigenvalue weighted by molar-refractivity contribution is 0.0769. The highest BCUT2D eigenvalue weighted by Gasteiger charge is 2.33. The predicted octanol–water partition coefficient (Wildman–Crippen LogP) is 3.29. The molecule has 1 aromatic heterocycles. The minimum atomic E-state index is -0.00707. The molecule has 2 unspecified atom stereocenters. The van der Waals surface area contributed by atoms with Gasteiger partial charge < -0.3 is 9.15 Å². The van der Waals surface area contributed by atoms with Gasteiger partial charge in [-0.3, -0.25) is 4.79 Å². The summed E-state index contributed by atoms with van der Waals surface area (Å²) < 4.78 is 11.6. The maximum atomic E-state index is 12.1. The second kappa shape index (κ2) is 4.12. The Morgan fingerprint density at radius 3 is 2.95 bits per heavy atom. The second-order valence-electron chi connectivity index (χ2n) is 5.62. The Kier molecular flexibility index (Phi) is 2.40. The lowest BCUT2D eigenvalue weighted by Crippen LogP contribution is -2.35. The first-order valence-electron chi connectivity index (χ1n) is 7.03. The fourth-order valence-corrected chi connectivity index (χ4v) is 3.48. The minimum Gasteiger partial charge on any atom is -0.489 e. The largest absolute Gasteiger partial charge is 0.489 e. The lowest BCUT2D eigenvalue weighted by atomic mass is 9.80. The zero-order chi connectivity index (χ0) is 12.8. The zero-order valence-corrected chi connectivity index (χ0v) is 10.7. The van der Waals surface area contributed by atoms with Crippen LogP contribution in [0.1, 0.15) is 31.2 Å². The molecule has 1 fully saturated rings. The van der Waals surface area contributed by atoms with Gasteiger partial charge in [0.05, 0.1) is 6.26 Å². The molecule has 2 heterocycles. The van der Waals surface area contributed by atoms with Crippen LogP contribution in [-0.2, 0) is 6.42 Å². The summed E-state index contributed by atoms with van der Waals surface area (Å²) in [5.74, 6) is 1.39. The van der Waals surface area contributed by atoms with E-state index in [1.165, 1.54) is 31.6 Å². The molecule has 0 amide bonds. The van der Waals surface area contributed by atoms with Crippen molar-refractivity contribution in [2.45, 2.75) is 38.2 Å². The molecule has 2 aromatic rings. The second-order valence-corrected chi connectivity index (χ2v) is 5.62. The van der Waals surface area contributed by atoms with Crippen molar-refractivity contribution in [1.29, 1.82) is 0 Å². The average Bonchev–Trinajstić information content (AvgIpc) is 2.45. The molecule has 0 spiro atoms. The quantitative estimate of drug-likeness (QED) is 0.726. The molecule has 2 aliphatic rings. The van der Waals surface area contributed by atoms with Gasteiger partial charge in [0, 0.05) is 6.07 Å². The molecule has 0 N–H and O–H groups in total. The summed E-state index contributed by atoms with van der Waals surface area (Å²) in [7, 11) is 0. The molecule has 4 rings (SSSR count). The first-order valence-corrected chi connectivity index (χ1v) is 7.03. The van der Waals surface area contributed by atoms with Crippen LogP contribution in [0.25, 0.3) is 11.0 Å². The van der Waals surface area contributed by atoms with Crippen molar-refractivity contribution in [3.05, 3.63) is 40.2 Å². The van der Waals surface area contributed by atoms with E-state index in [-0.39, 0.29) is 11.5 Å². The third kappa shape index (κ3) is 1.68. The highest BCUT2D eigenvalue weighted by atomic mass is 16.5. The summed E-state index contributed by atoms with van der Waals surface area (Å²) in [4.78, 5) is 12.1. The number of hydrogen-bond donors (Lipinski definition) is 0. The third-order valence-corrected chi connectivity index (χ3v) is 4.45. The van der Waals surface area contributed by atoms with Crippen LogP contribution in [0.5, 0.6) is 5.75 Å². The summed E-state index contributed by atoms with van der Waals surface area (Å²) in [6, 6.07) is 5.41. The number of fused-ring (bicyclic) bond motifs is 4. The Bertz CT molecular complexity index is 686. The molecule has 1 saturated carbocycles. The molecule has 1 aliphatic carbocycles. The molecule has 98 valence electrons. The Hall–Kier alpha value is -1.77. The Morgan fingerprint density at radius 2 is 2.00 bits per heavy atom. The van der Waals surface area contributed by atoms with Gasteiger partial charge in [0.25, 0.3) is 0 Å². The smallest absolute Gasteiger partial charge is 0.196 e. The van der Waals surface area contributed by atoms with Gasteiger partial charge >= 0.3 is 0 Å². The number of rotatable bonds is 0. The highest BCUT2D eigenvalue weighted by molar-refractivity contribution is 5.85. The molecular formula is C16H16O3. The Balaban J connectivity index is 1.91. The van der Waals surface area contributed by atoms with E-state index in [1.807, 2.05) is 12.1 Å². The lowest BCUT2D eigenvalue weighted by Gasteiger charge is -2.37. The zero-order valence-electron chi connectivity index (χ0n) is 10.7. The molecule has 1 aliphatic heterocycles. The third-order valence-electron chi connectivity index (χ3n) is 4.45. The molecular weight excluding hydrogens is 240 g/mol. The molecule has 3 heteroatoms. The molecule has 0 radical (unpaired) electrons. The number of hydrogen-bond acceptors (Lipinski definition) is 3. The molecule has 2 atom stereocenters. The van der Waals surface area contributed by atoms with Crippen molar-refractivity contribution in [2.75, 3.05) is 0 Å². The van der Waals surface area contributed by atoms with Crippen LogP contribution in [0.2, 0.25) is 0 Å². The summed E-state index contributed by atoms with van der Waals surface area (Å²) in [6.45, 7) is 0. The Labute approximate surface area is 111 Å². The van der Waals surface area contributed by atoms with Crippen molar-refractivity contribution in [3.8, 4) is 5.75 Å². The van der Waals surface area contributed by atoms with Gasteiger partial charge in [0.1, 0.15) is 22.8 Å². The van der Waals surface area contributed by atoms with Gasteiger partial charge in [-0.25, -0.2) is 0 Å². The molecule has 1 aromatic carbocycles. The maximum absolute atomic E-state index is 12.1. The van der Waals surface area contributed by atoms with E-state index in [2.05, 4.69) is 0 Å². The van der Waals surface area contributed by atoms with Crippen LogP contribution in [0.3, 0.4) is 0 Å². The van der Waals surface area contributed by atoms with Gasteiger partial charge in [-0.15, -0.1) is 0 Å². The van der Waals surface area contributed by atoms with E-state index in [0.717, 1.165) is 24.2 Å². The van der Waals surface area contributed by atoms with Gasteiger partial charge in [-0.1, -0.05) is 12.5 Å². The first kappa shape index (κ1) is 11.1. The first-order chi connectivity index (χ1) is 9.33. The summed E-state index contributed by atoms with van der Waals surface area (Å²) in [5, 5.41) is 0.615. The monoisotopic (exact) mass is 256 g/mol. The summed E-state index contributed by atoms with van der Waals surface area (Å²) in [5.41, 5.74) is 1.78. The molecule has 0 saturated heterocycles. The van der Waals surface area contributed by atoms with Gasteiger partial charge in [0.2, 0.25) is 0 Å². The van der Waals surface area contributed by atoms with Crippen LogP contribution in [-0.4, -0.2) is 6.10 Å². The Morgan fingerprint density at radius 1 is 1.11 bits per heavy atom. The maximum Gasteiger partial charge on any atom is 0.196 e. The van der Waals surface area contributed by atoms with Crippen LogP contribution >= 0.6 is 0 Å². The van der Waals surface area contributed by atoms with E-state index in [1.54, 1.807) is 0 Å². The van der Waals surface area contributed by atoms with Crippen molar-refractivity contribution in [2.24, 2.45) is 5.92 Å². The SMILES string of the molecule is O=c1ccoc2ccc3c(c12)OC1CCCCC1C3. The fourth-order valence-electron chi connectivity index (χ4n) is 3.48. The van der Waals surface area contributed by atoms with E-state index >= 15 is 0 Å². The van der Waals surface area contributed by atoms with Crippen LogP contribution in [0.4, 0.5) is 0 Å². The van der Waals surface area contributed by atoms with Crippen molar-refractivity contribution in [3.63, 3.8) is 0 Å². The molecule has 0 bridgehead atoms. The normalized spacial score (nSPS) is 25.5. The number of ether oxygens (including phenoxy) is 1. The fraction of sp³-hybridized carbons (Fsp3) is 0.438. The van der Waals surface area contributed by atoms with E-state index < -0.39 is 0 Å². The summed E-state index contributed by atoms with van der Waals surface area (Å²) in [6.07, 6.45) is 7.65. The molecule has 3 nitrogen and oxygen atoms in total. The van der Waals surface area contributed by atoms with E-state index in [0.29, 0.717) is 16.9 Å². The molecule has 19 heavy (non-hydrogen) atoms. The minimum absolute atomic E-state index is 0.00707. The van der Waals surface area contributed by atoms with Crippen LogP contribution in [0.15, 0.2) is 33.7 Å². The van der Waals surface area contributed by atoms with Crippen LogP contribution in [0, 0.1) is 5.92 Å². The highest BCUT2D eigenvalue weighted by Crippen LogP contribution is 2.40. The standard InChI is InChI=1S/C16H16O3/c17-12-7-8-18-14-6-5-11-9-10-3-1-2-4-13(10)19-16(11)15(12)14/h5-8,10,13H,1-4,9H2. The van der Waals surface area contributed by atoms with E-state index in [9.17, 15) is 4.79 Å². The van der Waals surface area contributed by atoms with E-state index in [4.69, 9.17) is 9.15 Å². The van der Waals surface area contributed by atoms with Gasteiger partial charge in [-0.05, 0) is 43.2 Å². The van der Waals surface area contributed by atoms with Gasteiger partial charge in [-0.2, -0.15) is 0 Å². The number of benzene rings is 1. The van der Waals surface area contributed by atoms with Crippen LogP contribution < -0.4 is 10.2 Å². The predicted molar refractivity (Wildman–Crippen MR) is 72.6 cm³/mol. The van der Waals surface area contributed by atoms with Crippen molar-refractivity contribution < 1.29 is 9.15 Å². The average molecular weight is 256 g/mol. The van der Waals surface area contributed by atoms with Crippen molar-refractivity contribution >= 4 is 11.0 Å². The topological polar surface area (TPSA) is 39.4 Å². The summed E-state index contributed by atoms with van der Waals surface area (Å²) >= 11 is 0.